The number of aliphatic carboxylic acids is 1. The van der Waals surface area contributed by atoms with E-state index in [0.717, 1.165) is 18.4 Å². The molecule has 23 heavy (non-hydrogen) atoms. The minimum Gasteiger partial charge on any atom is -0.481 e. The summed E-state index contributed by atoms with van der Waals surface area (Å²) in [6.45, 7) is 2.25. The SMILES string of the molecule is CCCCCCCCCCCCC(Cc1ccccc1)C(=O)O. The van der Waals surface area contributed by atoms with Gasteiger partial charge in [0, 0.05) is 0 Å². The number of rotatable bonds is 14. The van der Waals surface area contributed by atoms with Crippen molar-refractivity contribution in [1.82, 2.24) is 0 Å². The molecule has 0 aliphatic carbocycles. The van der Waals surface area contributed by atoms with Gasteiger partial charge in [-0.2, -0.15) is 0 Å². The second-order valence-electron chi connectivity index (χ2n) is 6.70. The number of unbranched alkanes of at least 4 members (excludes halogenated alkanes) is 9. The smallest absolute Gasteiger partial charge is 0.306 e. The summed E-state index contributed by atoms with van der Waals surface area (Å²) in [5.41, 5.74) is 1.13. The van der Waals surface area contributed by atoms with Gasteiger partial charge < -0.3 is 5.11 Å². The first-order valence-corrected chi connectivity index (χ1v) is 9.50. The third-order valence-corrected chi connectivity index (χ3v) is 4.58. The lowest BCUT2D eigenvalue weighted by molar-refractivity contribution is -0.142. The van der Waals surface area contributed by atoms with Gasteiger partial charge in [-0.15, -0.1) is 0 Å². The van der Waals surface area contributed by atoms with Crippen molar-refractivity contribution >= 4 is 5.97 Å². The van der Waals surface area contributed by atoms with Crippen molar-refractivity contribution < 1.29 is 9.90 Å². The van der Waals surface area contributed by atoms with Crippen molar-refractivity contribution in [3.63, 3.8) is 0 Å². The lowest BCUT2D eigenvalue weighted by atomic mass is 9.93. The van der Waals surface area contributed by atoms with E-state index < -0.39 is 5.97 Å². The number of carboxylic acids is 1. The maximum atomic E-state index is 11.4. The molecular weight excluding hydrogens is 284 g/mol. The molecule has 0 heterocycles. The van der Waals surface area contributed by atoms with Crippen molar-refractivity contribution in [1.29, 1.82) is 0 Å². The minimum absolute atomic E-state index is 0.230. The standard InChI is InChI=1S/C21H34O2/c1-2-3-4-5-6-7-8-9-10-14-17-20(21(22)23)18-19-15-12-11-13-16-19/h11-13,15-16,20H,2-10,14,17-18H2,1H3,(H,22,23). The predicted molar refractivity (Wildman–Crippen MR) is 97.7 cm³/mol. The molecule has 0 aliphatic rings. The molecule has 1 atom stereocenters. The fourth-order valence-electron chi connectivity index (χ4n) is 3.09. The van der Waals surface area contributed by atoms with Crippen LogP contribution in [0.15, 0.2) is 30.3 Å². The fraction of sp³-hybridized carbons (Fsp3) is 0.667. The van der Waals surface area contributed by atoms with Crippen LogP contribution in [0.4, 0.5) is 0 Å². The number of carbonyl (C=O) groups is 1. The second-order valence-corrected chi connectivity index (χ2v) is 6.70. The monoisotopic (exact) mass is 318 g/mol. The topological polar surface area (TPSA) is 37.3 Å². The van der Waals surface area contributed by atoms with Gasteiger partial charge in [0.15, 0.2) is 0 Å². The highest BCUT2D eigenvalue weighted by atomic mass is 16.4. The predicted octanol–water partition coefficient (Wildman–Crippen LogP) is 6.24. The Labute approximate surface area is 142 Å². The van der Waals surface area contributed by atoms with E-state index in [9.17, 15) is 9.90 Å². The molecule has 1 aromatic carbocycles. The van der Waals surface area contributed by atoms with E-state index in [1.165, 1.54) is 57.8 Å². The largest absolute Gasteiger partial charge is 0.481 e. The van der Waals surface area contributed by atoms with E-state index in [1.54, 1.807) is 0 Å². The van der Waals surface area contributed by atoms with Crippen LogP contribution in [-0.2, 0) is 11.2 Å². The molecule has 2 nitrogen and oxygen atoms in total. The van der Waals surface area contributed by atoms with E-state index >= 15 is 0 Å². The summed E-state index contributed by atoms with van der Waals surface area (Å²) in [4.78, 5) is 11.4. The first kappa shape index (κ1) is 19.7. The van der Waals surface area contributed by atoms with Crippen LogP contribution < -0.4 is 0 Å². The summed E-state index contributed by atoms with van der Waals surface area (Å²) in [7, 11) is 0. The van der Waals surface area contributed by atoms with Crippen LogP contribution in [0.1, 0.15) is 83.1 Å². The quantitative estimate of drug-likeness (QED) is 0.412. The maximum Gasteiger partial charge on any atom is 0.306 e. The molecule has 1 unspecified atom stereocenters. The normalized spacial score (nSPS) is 12.2. The van der Waals surface area contributed by atoms with Gasteiger partial charge in [-0.25, -0.2) is 0 Å². The zero-order valence-electron chi connectivity index (χ0n) is 14.8. The summed E-state index contributed by atoms with van der Waals surface area (Å²) in [5, 5.41) is 9.38. The highest BCUT2D eigenvalue weighted by Gasteiger charge is 2.17. The van der Waals surface area contributed by atoms with Crippen molar-refractivity contribution in [3.8, 4) is 0 Å². The molecular formula is C21H34O2. The van der Waals surface area contributed by atoms with E-state index in [0.29, 0.717) is 6.42 Å². The number of hydrogen-bond acceptors (Lipinski definition) is 1. The van der Waals surface area contributed by atoms with E-state index in [-0.39, 0.29) is 5.92 Å². The average molecular weight is 319 g/mol. The molecule has 1 aromatic rings. The van der Waals surface area contributed by atoms with Crippen molar-refractivity contribution in [3.05, 3.63) is 35.9 Å². The van der Waals surface area contributed by atoms with E-state index in [4.69, 9.17) is 0 Å². The molecule has 130 valence electrons. The molecule has 0 bridgehead atoms. The fourth-order valence-corrected chi connectivity index (χ4v) is 3.09. The Morgan fingerprint density at radius 1 is 0.870 bits per heavy atom. The molecule has 0 saturated heterocycles. The zero-order chi connectivity index (χ0) is 16.8. The van der Waals surface area contributed by atoms with Crippen LogP contribution >= 0.6 is 0 Å². The lowest BCUT2D eigenvalue weighted by Gasteiger charge is -2.12. The molecule has 0 amide bonds. The van der Waals surface area contributed by atoms with Crippen LogP contribution in [0.25, 0.3) is 0 Å². The van der Waals surface area contributed by atoms with Crippen molar-refractivity contribution in [2.24, 2.45) is 5.92 Å². The Balaban J connectivity index is 2.06. The van der Waals surface area contributed by atoms with Gasteiger partial charge in [-0.1, -0.05) is 101 Å². The highest BCUT2D eigenvalue weighted by molar-refractivity contribution is 5.70. The Morgan fingerprint density at radius 3 is 1.91 bits per heavy atom. The molecule has 0 aromatic heterocycles. The zero-order valence-corrected chi connectivity index (χ0v) is 14.8. The van der Waals surface area contributed by atoms with Gasteiger partial charge in [0.05, 0.1) is 5.92 Å². The number of benzene rings is 1. The van der Waals surface area contributed by atoms with Gasteiger partial charge in [0.25, 0.3) is 0 Å². The van der Waals surface area contributed by atoms with E-state index in [1.807, 2.05) is 30.3 Å². The maximum absolute atomic E-state index is 11.4. The summed E-state index contributed by atoms with van der Waals surface area (Å²) in [5.74, 6) is -0.878. The van der Waals surface area contributed by atoms with Crippen LogP contribution in [0.2, 0.25) is 0 Å². The minimum atomic E-state index is -0.648. The summed E-state index contributed by atoms with van der Waals surface area (Å²) >= 11 is 0. The van der Waals surface area contributed by atoms with Gasteiger partial charge in [-0.3, -0.25) is 4.79 Å². The van der Waals surface area contributed by atoms with Crippen LogP contribution in [-0.4, -0.2) is 11.1 Å². The molecule has 0 saturated carbocycles. The van der Waals surface area contributed by atoms with Gasteiger partial charge in [-0.05, 0) is 18.4 Å². The molecule has 1 N–H and O–H groups in total. The Morgan fingerprint density at radius 2 is 1.39 bits per heavy atom. The van der Waals surface area contributed by atoms with Gasteiger partial charge in [0.2, 0.25) is 0 Å². The molecule has 0 spiro atoms. The number of hydrogen-bond donors (Lipinski definition) is 1. The van der Waals surface area contributed by atoms with Crippen LogP contribution in [0.3, 0.4) is 0 Å². The summed E-state index contributed by atoms with van der Waals surface area (Å²) in [6.07, 6.45) is 14.4. The third-order valence-electron chi connectivity index (χ3n) is 4.58. The highest BCUT2D eigenvalue weighted by Crippen LogP contribution is 2.18. The van der Waals surface area contributed by atoms with Crippen molar-refractivity contribution in [2.45, 2.75) is 84.0 Å². The molecule has 0 aliphatic heterocycles. The molecule has 1 rings (SSSR count). The van der Waals surface area contributed by atoms with Gasteiger partial charge in [0.1, 0.15) is 0 Å². The second kappa shape index (κ2) is 13.2. The van der Waals surface area contributed by atoms with Crippen LogP contribution in [0, 0.1) is 5.92 Å². The summed E-state index contributed by atoms with van der Waals surface area (Å²) < 4.78 is 0. The summed E-state index contributed by atoms with van der Waals surface area (Å²) in [6, 6.07) is 9.98. The average Bonchev–Trinajstić information content (AvgIpc) is 2.56. The van der Waals surface area contributed by atoms with Gasteiger partial charge >= 0.3 is 5.97 Å². The van der Waals surface area contributed by atoms with Crippen molar-refractivity contribution in [2.75, 3.05) is 0 Å². The number of carboxylic acid groups (broad SMARTS) is 1. The molecule has 0 fully saturated rings. The Kier molecular flexibility index (Phi) is 11.3. The first-order chi connectivity index (χ1) is 11.2. The third kappa shape index (κ3) is 10.1. The Bertz CT molecular complexity index is 400. The van der Waals surface area contributed by atoms with E-state index in [2.05, 4.69) is 6.92 Å². The molecule has 0 radical (unpaired) electrons. The van der Waals surface area contributed by atoms with Crippen LogP contribution in [0.5, 0.6) is 0 Å². The molecule has 2 heteroatoms. The first-order valence-electron chi connectivity index (χ1n) is 9.50. The Hall–Kier alpha value is -1.31. The lowest BCUT2D eigenvalue weighted by Crippen LogP contribution is -2.16.